The molecule has 1 unspecified atom stereocenters. The molecule has 3 amide bonds. The highest BCUT2D eigenvalue weighted by Gasteiger charge is 2.42. The maximum absolute atomic E-state index is 13.2. The zero-order chi connectivity index (χ0) is 22.0. The molecule has 1 N–H and O–H groups in total. The number of thiazole rings is 1. The summed E-state index contributed by atoms with van der Waals surface area (Å²) in [5.41, 5.74) is 1.35. The minimum Gasteiger partial charge on any atom is -0.466 e. The summed E-state index contributed by atoms with van der Waals surface area (Å²) in [4.78, 5) is 57.6. The van der Waals surface area contributed by atoms with E-state index in [1.165, 1.54) is 16.2 Å². The number of aromatic nitrogens is 1. The Bertz CT molecular complexity index is 1040. The van der Waals surface area contributed by atoms with Crippen LogP contribution < -0.4 is 10.2 Å². The quantitative estimate of drug-likeness (QED) is 0.684. The van der Waals surface area contributed by atoms with Gasteiger partial charge in [-0.2, -0.15) is 0 Å². The number of para-hydroxylation sites is 1. The number of amides is 3. The van der Waals surface area contributed by atoms with Crippen molar-refractivity contribution in [3.05, 3.63) is 40.9 Å². The van der Waals surface area contributed by atoms with Crippen LogP contribution in [-0.2, 0) is 25.5 Å². The van der Waals surface area contributed by atoms with Crippen LogP contribution >= 0.6 is 11.3 Å². The Morgan fingerprint density at radius 2 is 2.10 bits per heavy atom. The fourth-order valence-electron chi connectivity index (χ4n) is 3.88. The number of hydrogen-bond acceptors (Lipinski definition) is 7. The third kappa shape index (κ3) is 4.29. The summed E-state index contributed by atoms with van der Waals surface area (Å²) in [6.07, 6.45) is 1.37. The number of carbonyl (C=O) groups excluding carboxylic acids is 4. The number of esters is 1. The number of nitrogens with zero attached hydrogens (tertiary/aromatic N) is 3. The van der Waals surface area contributed by atoms with Crippen LogP contribution in [0.2, 0.25) is 0 Å². The van der Waals surface area contributed by atoms with E-state index in [1.807, 2.05) is 0 Å². The average molecular weight is 442 g/mol. The Hall–Kier alpha value is -3.27. The van der Waals surface area contributed by atoms with Gasteiger partial charge in [-0.25, -0.2) is 4.98 Å². The van der Waals surface area contributed by atoms with Gasteiger partial charge in [-0.3, -0.25) is 19.2 Å². The van der Waals surface area contributed by atoms with Gasteiger partial charge in [0, 0.05) is 11.9 Å². The van der Waals surface area contributed by atoms with Crippen LogP contribution in [0, 0.1) is 0 Å². The normalized spacial score (nSPS) is 17.8. The highest BCUT2D eigenvalue weighted by Crippen LogP contribution is 2.32. The molecule has 1 aromatic heterocycles. The van der Waals surface area contributed by atoms with Crippen LogP contribution in [0.4, 0.5) is 10.8 Å². The molecule has 0 spiro atoms. The van der Waals surface area contributed by atoms with Crippen LogP contribution in [0.1, 0.15) is 35.8 Å². The Balaban J connectivity index is 1.50. The fourth-order valence-corrected chi connectivity index (χ4v) is 4.61. The first kappa shape index (κ1) is 21.0. The molecular weight excluding hydrogens is 420 g/mol. The lowest BCUT2D eigenvalue weighted by atomic mass is 10.1. The highest BCUT2D eigenvalue weighted by molar-refractivity contribution is 7.13. The van der Waals surface area contributed by atoms with Gasteiger partial charge in [0.05, 0.1) is 30.0 Å². The Morgan fingerprint density at radius 3 is 2.90 bits per heavy atom. The molecule has 0 saturated carbocycles. The molecule has 1 aromatic carbocycles. The van der Waals surface area contributed by atoms with E-state index in [4.69, 9.17) is 4.74 Å². The summed E-state index contributed by atoms with van der Waals surface area (Å²) < 4.78 is 4.90. The second-order valence-corrected chi connectivity index (χ2v) is 8.13. The summed E-state index contributed by atoms with van der Waals surface area (Å²) in [7, 11) is 0. The molecule has 4 rings (SSSR count). The summed E-state index contributed by atoms with van der Waals surface area (Å²) in [5.74, 6) is -1.26. The van der Waals surface area contributed by atoms with Crippen molar-refractivity contribution in [2.45, 2.75) is 32.2 Å². The van der Waals surface area contributed by atoms with Crippen molar-refractivity contribution in [2.75, 3.05) is 29.9 Å². The molecule has 1 saturated heterocycles. The molecule has 31 heavy (non-hydrogen) atoms. The molecule has 3 heterocycles. The smallest absolute Gasteiger partial charge is 0.311 e. The van der Waals surface area contributed by atoms with Crippen LogP contribution in [0.5, 0.6) is 0 Å². The molecule has 1 fully saturated rings. The number of ether oxygens (including phenoxy) is 1. The number of fused-ring (bicyclic) bond motifs is 2. The predicted molar refractivity (Wildman–Crippen MR) is 114 cm³/mol. The Labute approximate surface area is 183 Å². The molecule has 0 bridgehead atoms. The highest BCUT2D eigenvalue weighted by atomic mass is 32.1. The number of benzene rings is 1. The number of carbonyl (C=O) groups is 4. The summed E-state index contributed by atoms with van der Waals surface area (Å²) >= 11 is 1.19. The SMILES string of the molecule is CCOC(=O)Cc1csc(NC(=O)CN2C(=O)C3CCCN3C(=O)c3ccccc32)n1. The number of hydrogen-bond donors (Lipinski definition) is 1. The van der Waals surface area contributed by atoms with Gasteiger partial charge < -0.3 is 19.9 Å². The van der Waals surface area contributed by atoms with E-state index in [2.05, 4.69) is 10.3 Å². The van der Waals surface area contributed by atoms with E-state index in [0.29, 0.717) is 41.6 Å². The van der Waals surface area contributed by atoms with Crippen molar-refractivity contribution < 1.29 is 23.9 Å². The van der Waals surface area contributed by atoms with Crippen LogP contribution in [0.25, 0.3) is 0 Å². The zero-order valence-electron chi connectivity index (χ0n) is 17.0. The first-order valence-corrected chi connectivity index (χ1v) is 11.0. The molecule has 2 aromatic rings. The number of anilines is 2. The van der Waals surface area contributed by atoms with E-state index in [9.17, 15) is 19.2 Å². The maximum Gasteiger partial charge on any atom is 0.311 e. The van der Waals surface area contributed by atoms with Gasteiger partial charge >= 0.3 is 5.97 Å². The molecule has 1 atom stereocenters. The molecule has 9 nitrogen and oxygen atoms in total. The maximum atomic E-state index is 13.2. The van der Waals surface area contributed by atoms with Crippen molar-refractivity contribution in [2.24, 2.45) is 0 Å². The molecule has 2 aliphatic rings. The summed E-state index contributed by atoms with van der Waals surface area (Å²) in [5, 5.41) is 4.69. The lowest BCUT2D eigenvalue weighted by Gasteiger charge is -2.25. The van der Waals surface area contributed by atoms with Crippen molar-refractivity contribution in [1.82, 2.24) is 9.88 Å². The standard InChI is InChI=1S/C21H22N4O5S/c1-2-30-18(27)10-13-12-31-21(22-13)23-17(26)11-25-15-7-4-3-6-14(15)19(28)24-9-5-8-16(24)20(25)29/h3-4,6-7,12,16H,2,5,8-11H2,1H3,(H,22,23,26). The van der Waals surface area contributed by atoms with E-state index >= 15 is 0 Å². The minimum absolute atomic E-state index is 0.0256. The molecular formula is C21H22N4O5S. The van der Waals surface area contributed by atoms with Gasteiger partial charge in [-0.15, -0.1) is 11.3 Å². The number of rotatable bonds is 6. The second kappa shape index (κ2) is 8.84. The van der Waals surface area contributed by atoms with Crippen LogP contribution in [0.3, 0.4) is 0 Å². The van der Waals surface area contributed by atoms with Crippen LogP contribution in [0.15, 0.2) is 29.6 Å². The lowest BCUT2D eigenvalue weighted by molar-refractivity contribution is -0.142. The van der Waals surface area contributed by atoms with E-state index in [1.54, 1.807) is 41.5 Å². The van der Waals surface area contributed by atoms with Gasteiger partial charge in [0.1, 0.15) is 12.6 Å². The van der Waals surface area contributed by atoms with Gasteiger partial charge in [0.25, 0.3) is 5.91 Å². The van der Waals surface area contributed by atoms with Crippen LogP contribution in [-0.4, -0.2) is 59.3 Å². The average Bonchev–Trinajstić information content (AvgIpc) is 3.39. The molecule has 2 aliphatic heterocycles. The summed E-state index contributed by atoms with van der Waals surface area (Å²) in [6, 6.07) is 6.30. The van der Waals surface area contributed by atoms with Crippen molar-refractivity contribution >= 4 is 45.8 Å². The van der Waals surface area contributed by atoms with E-state index in [0.717, 1.165) is 6.42 Å². The largest absolute Gasteiger partial charge is 0.466 e. The minimum atomic E-state index is -0.552. The molecule has 0 aliphatic carbocycles. The van der Waals surface area contributed by atoms with Gasteiger partial charge in [0.2, 0.25) is 11.8 Å². The fraction of sp³-hybridized carbons (Fsp3) is 0.381. The monoisotopic (exact) mass is 442 g/mol. The first-order valence-electron chi connectivity index (χ1n) is 10.1. The zero-order valence-corrected chi connectivity index (χ0v) is 17.8. The predicted octanol–water partition coefficient (Wildman–Crippen LogP) is 1.84. The molecule has 162 valence electrons. The van der Waals surface area contributed by atoms with Gasteiger partial charge in [-0.05, 0) is 31.9 Å². The Kier molecular flexibility index (Phi) is 5.99. The molecule has 0 radical (unpaired) electrons. The van der Waals surface area contributed by atoms with E-state index in [-0.39, 0.29) is 30.7 Å². The van der Waals surface area contributed by atoms with Gasteiger partial charge in [0.15, 0.2) is 5.13 Å². The third-order valence-corrected chi connectivity index (χ3v) is 6.03. The lowest BCUT2D eigenvalue weighted by Crippen LogP contribution is -2.47. The Morgan fingerprint density at radius 1 is 1.29 bits per heavy atom. The number of nitrogens with one attached hydrogen (secondary N) is 1. The summed E-state index contributed by atoms with van der Waals surface area (Å²) in [6.45, 7) is 2.32. The van der Waals surface area contributed by atoms with Gasteiger partial charge in [-0.1, -0.05) is 12.1 Å². The topological polar surface area (TPSA) is 109 Å². The van der Waals surface area contributed by atoms with Crippen molar-refractivity contribution in [1.29, 1.82) is 0 Å². The molecule has 10 heteroatoms. The van der Waals surface area contributed by atoms with Crippen molar-refractivity contribution in [3.63, 3.8) is 0 Å². The third-order valence-electron chi connectivity index (χ3n) is 5.22. The van der Waals surface area contributed by atoms with E-state index < -0.39 is 11.9 Å². The first-order chi connectivity index (χ1) is 15.0. The van der Waals surface area contributed by atoms with Crippen molar-refractivity contribution in [3.8, 4) is 0 Å². The second-order valence-electron chi connectivity index (χ2n) is 7.27.